The lowest BCUT2D eigenvalue weighted by Crippen LogP contribution is -2.07. The van der Waals surface area contributed by atoms with Crippen LogP contribution in [-0.2, 0) is 6.42 Å². The van der Waals surface area contributed by atoms with E-state index in [1.165, 1.54) is 0 Å². The van der Waals surface area contributed by atoms with Gasteiger partial charge in [-0.15, -0.1) is 0 Å². The summed E-state index contributed by atoms with van der Waals surface area (Å²) in [7, 11) is 0. The summed E-state index contributed by atoms with van der Waals surface area (Å²) in [5.74, 6) is 0. The van der Waals surface area contributed by atoms with Gasteiger partial charge in [0.15, 0.2) is 0 Å². The average Bonchev–Trinajstić information content (AvgIpc) is 1.98. The summed E-state index contributed by atoms with van der Waals surface area (Å²) in [6.45, 7) is 1.74. The van der Waals surface area contributed by atoms with E-state index in [0.717, 1.165) is 14.5 Å². The highest BCUT2D eigenvalue weighted by molar-refractivity contribution is 9.11. The number of aliphatic hydroxyl groups excluding tert-OH is 1. The molecule has 1 atom stereocenters. The summed E-state index contributed by atoms with van der Waals surface area (Å²) in [5, 5.41) is 9.23. The standard InChI is InChI=1S/C9H11Br2NO/c1-5(13)2-6-3-7(10)4-8(11)9(6)12/h3-5,13H,2,12H2,1H3. The number of aliphatic hydroxyl groups is 1. The Labute approximate surface area is 94.4 Å². The summed E-state index contributed by atoms with van der Waals surface area (Å²) in [5.41, 5.74) is 7.47. The topological polar surface area (TPSA) is 46.2 Å². The lowest BCUT2D eigenvalue weighted by molar-refractivity contribution is 0.195. The Morgan fingerprint density at radius 2 is 2.08 bits per heavy atom. The Hall–Kier alpha value is -0.0600. The van der Waals surface area contributed by atoms with Crippen molar-refractivity contribution in [2.75, 3.05) is 5.73 Å². The van der Waals surface area contributed by atoms with Crippen LogP contribution in [0.15, 0.2) is 21.1 Å². The molecule has 13 heavy (non-hydrogen) atoms. The zero-order valence-electron chi connectivity index (χ0n) is 7.22. The van der Waals surface area contributed by atoms with Crippen molar-refractivity contribution in [2.45, 2.75) is 19.4 Å². The van der Waals surface area contributed by atoms with Gasteiger partial charge in [0.2, 0.25) is 0 Å². The molecule has 1 aromatic carbocycles. The van der Waals surface area contributed by atoms with Gasteiger partial charge in [0.1, 0.15) is 0 Å². The maximum Gasteiger partial charge on any atom is 0.0553 e. The smallest absolute Gasteiger partial charge is 0.0553 e. The molecule has 1 aromatic rings. The maximum atomic E-state index is 9.23. The fourth-order valence-electron chi connectivity index (χ4n) is 1.13. The largest absolute Gasteiger partial charge is 0.398 e. The molecule has 0 aromatic heterocycles. The number of benzene rings is 1. The second kappa shape index (κ2) is 4.44. The minimum atomic E-state index is -0.372. The summed E-state index contributed by atoms with van der Waals surface area (Å²) >= 11 is 6.72. The van der Waals surface area contributed by atoms with Gasteiger partial charge in [-0.3, -0.25) is 0 Å². The number of hydrogen-bond acceptors (Lipinski definition) is 2. The van der Waals surface area contributed by atoms with Crippen molar-refractivity contribution in [2.24, 2.45) is 0 Å². The van der Waals surface area contributed by atoms with Crippen LogP contribution in [-0.4, -0.2) is 11.2 Å². The Balaban J connectivity index is 3.05. The van der Waals surface area contributed by atoms with E-state index >= 15 is 0 Å². The minimum Gasteiger partial charge on any atom is -0.398 e. The highest BCUT2D eigenvalue weighted by Gasteiger charge is 2.07. The predicted molar refractivity (Wildman–Crippen MR) is 61.6 cm³/mol. The zero-order valence-corrected chi connectivity index (χ0v) is 10.4. The van der Waals surface area contributed by atoms with Crippen molar-refractivity contribution in [1.82, 2.24) is 0 Å². The van der Waals surface area contributed by atoms with Crippen molar-refractivity contribution >= 4 is 37.5 Å². The second-order valence-corrected chi connectivity index (χ2v) is 4.78. The van der Waals surface area contributed by atoms with Gasteiger partial charge in [0, 0.05) is 21.1 Å². The molecule has 4 heteroatoms. The Kier molecular flexibility index (Phi) is 3.76. The molecule has 0 saturated carbocycles. The third-order valence-corrected chi connectivity index (χ3v) is 2.81. The lowest BCUT2D eigenvalue weighted by atomic mass is 10.1. The van der Waals surface area contributed by atoms with E-state index in [0.29, 0.717) is 12.1 Å². The third kappa shape index (κ3) is 2.97. The van der Waals surface area contributed by atoms with Crippen LogP contribution in [0, 0.1) is 0 Å². The molecule has 0 heterocycles. The van der Waals surface area contributed by atoms with E-state index in [1.54, 1.807) is 6.92 Å². The minimum absolute atomic E-state index is 0.372. The van der Waals surface area contributed by atoms with Crippen molar-refractivity contribution in [3.8, 4) is 0 Å². The van der Waals surface area contributed by atoms with Gasteiger partial charge in [-0.25, -0.2) is 0 Å². The molecule has 0 amide bonds. The molecule has 72 valence electrons. The van der Waals surface area contributed by atoms with Crippen molar-refractivity contribution in [3.05, 3.63) is 26.6 Å². The van der Waals surface area contributed by atoms with Gasteiger partial charge in [0.05, 0.1) is 6.10 Å². The molecule has 1 unspecified atom stereocenters. The first kappa shape index (κ1) is 11.0. The van der Waals surface area contributed by atoms with Crippen LogP contribution >= 0.6 is 31.9 Å². The van der Waals surface area contributed by atoms with Gasteiger partial charge < -0.3 is 10.8 Å². The third-order valence-electron chi connectivity index (χ3n) is 1.70. The first-order valence-electron chi connectivity index (χ1n) is 3.92. The zero-order chi connectivity index (χ0) is 10.0. The van der Waals surface area contributed by atoms with Crippen molar-refractivity contribution in [3.63, 3.8) is 0 Å². The molecular weight excluding hydrogens is 298 g/mol. The van der Waals surface area contributed by atoms with Crippen LogP contribution in [0.2, 0.25) is 0 Å². The van der Waals surface area contributed by atoms with Crippen molar-refractivity contribution in [1.29, 1.82) is 0 Å². The molecule has 0 aliphatic rings. The quantitative estimate of drug-likeness (QED) is 0.825. The van der Waals surface area contributed by atoms with Crippen LogP contribution in [0.4, 0.5) is 5.69 Å². The molecule has 0 saturated heterocycles. The van der Waals surface area contributed by atoms with E-state index in [-0.39, 0.29) is 6.10 Å². The van der Waals surface area contributed by atoms with Crippen LogP contribution in [0.25, 0.3) is 0 Å². The summed E-state index contributed by atoms with van der Waals surface area (Å²) < 4.78 is 1.82. The lowest BCUT2D eigenvalue weighted by Gasteiger charge is -2.10. The summed E-state index contributed by atoms with van der Waals surface area (Å²) in [4.78, 5) is 0. The Morgan fingerprint density at radius 3 is 2.62 bits per heavy atom. The van der Waals surface area contributed by atoms with E-state index in [9.17, 15) is 5.11 Å². The Morgan fingerprint density at radius 1 is 1.46 bits per heavy atom. The molecule has 0 spiro atoms. The summed E-state index contributed by atoms with van der Waals surface area (Å²) in [6.07, 6.45) is 0.202. The first-order chi connectivity index (χ1) is 6.00. The molecule has 2 nitrogen and oxygen atoms in total. The van der Waals surface area contributed by atoms with Gasteiger partial charge in [0.25, 0.3) is 0 Å². The molecule has 0 radical (unpaired) electrons. The van der Waals surface area contributed by atoms with E-state index < -0.39 is 0 Å². The molecule has 0 aliphatic carbocycles. The number of hydrogen-bond donors (Lipinski definition) is 2. The summed E-state index contributed by atoms with van der Waals surface area (Å²) in [6, 6.07) is 3.81. The normalized spacial score (nSPS) is 12.9. The average molecular weight is 309 g/mol. The Bertz CT molecular complexity index is 313. The fourth-order valence-corrected chi connectivity index (χ4v) is 2.44. The first-order valence-corrected chi connectivity index (χ1v) is 5.50. The van der Waals surface area contributed by atoms with Gasteiger partial charge in [-0.05, 0) is 40.5 Å². The molecule has 0 bridgehead atoms. The molecule has 0 fully saturated rings. The molecule has 1 rings (SSSR count). The van der Waals surface area contributed by atoms with E-state index in [1.807, 2.05) is 12.1 Å². The van der Waals surface area contributed by atoms with Gasteiger partial charge in [-0.2, -0.15) is 0 Å². The van der Waals surface area contributed by atoms with Crippen LogP contribution < -0.4 is 5.73 Å². The molecule has 0 aliphatic heterocycles. The maximum absolute atomic E-state index is 9.23. The number of nitrogens with two attached hydrogens (primary N) is 1. The van der Waals surface area contributed by atoms with E-state index in [2.05, 4.69) is 31.9 Å². The van der Waals surface area contributed by atoms with Gasteiger partial charge >= 0.3 is 0 Å². The number of anilines is 1. The van der Waals surface area contributed by atoms with Crippen LogP contribution in [0.1, 0.15) is 12.5 Å². The molecule has 3 N–H and O–H groups in total. The monoisotopic (exact) mass is 307 g/mol. The van der Waals surface area contributed by atoms with Crippen molar-refractivity contribution < 1.29 is 5.11 Å². The number of rotatable bonds is 2. The highest BCUT2D eigenvalue weighted by Crippen LogP contribution is 2.28. The SMILES string of the molecule is CC(O)Cc1cc(Br)cc(Br)c1N. The molecular formula is C9H11Br2NO. The fraction of sp³-hybridized carbons (Fsp3) is 0.333. The van der Waals surface area contributed by atoms with E-state index in [4.69, 9.17) is 5.73 Å². The van der Waals surface area contributed by atoms with Crippen LogP contribution in [0.3, 0.4) is 0 Å². The van der Waals surface area contributed by atoms with Crippen LogP contribution in [0.5, 0.6) is 0 Å². The predicted octanol–water partition coefficient (Wildman–Crippen LogP) is 2.72. The number of nitrogen functional groups attached to an aromatic ring is 1. The second-order valence-electron chi connectivity index (χ2n) is 3.01. The van der Waals surface area contributed by atoms with Gasteiger partial charge in [-0.1, -0.05) is 15.9 Å². The highest BCUT2D eigenvalue weighted by atomic mass is 79.9. The number of halogens is 2.